The van der Waals surface area contributed by atoms with Gasteiger partial charge < -0.3 is 39.6 Å². The van der Waals surface area contributed by atoms with Crippen LogP contribution in [0.25, 0.3) is 0 Å². The summed E-state index contributed by atoms with van der Waals surface area (Å²) in [5.41, 5.74) is 7.11. The zero-order valence-electron chi connectivity index (χ0n) is 22.9. The molecule has 4 saturated heterocycles. The minimum Gasteiger partial charge on any atom is -0.486 e. The number of aliphatic hydroxyl groups excluding tert-OH is 1. The quantitative estimate of drug-likeness (QED) is 0.527. The predicted octanol–water partition coefficient (Wildman–Crippen LogP) is 1.99. The Bertz CT molecular complexity index is 1220. The maximum absolute atomic E-state index is 10.2. The summed E-state index contributed by atoms with van der Waals surface area (Å²) in [6, 6.07) is 2.27. The van der Waals surface area contributed by atoms with Crippen molar-refractivity contribution in [3.8, 4) is 5.75 Å². The molecule has 2 aromatic rings. The van der Waals surface area contributed by atoms with E-state index in [1.165, 1.54) is 11.8 Å². The summed E-state index contributed by atoms with van der Waals surface area (Å²) in [5.74, 6) is 2.37. The van der Waals surface area contributed by atoms with Gasteiger partial charge in [0.25, 0.3) is 0 Å². The van der Waals surface area contributed by atoms with Crippen LogP contribution in [0, 0.1) is 5.41 Å². The molecule has 12 heteroatoms. The van der Waals surface area contributed by atoms with Gasteiger partial charge in [0.15, 0.2) is 17.4 Å². The third-order valence-corrected chi connectivity index (χ3v) is 10.2. The molecule has 0 amide bonds. The van der Waals surface area contributed by atoms with Crippen molar-refractivity contribution in [3.63, 3.8) is 0 Å². The van der Waals surface area contributed by atoms with Crippen LogP contribution >= 0.6 is 11.8 Å². The van der Waals surface area contributed by atoms with Gasteiger partial charge >= 0.3 is 0 Å². The summed E-state index contributed by atoms with van der Waals surface area (Å²) in [6.45, 7) is 7.11. The van der Waals surface area contributed by atoms with Crippen LogP contribution in [-0.4, -0.2) is 96.5 Å². The fraction of sp³-hybridized carbons (Fsp3) is 0.679. The van der Waals surface area contributed by atoms with E-state index < -0.39 is 0 Å². The molecule has 0 bridgehead atoms. The largest absolute Gasteiger partial charge is 0.486 e. The van der Waals surface area contributed by atoms with Crippen molar-refractivity contribution in [2.24, 2.45) is 11.1 Å². The normalized spacial score (nSPS) is 30.9. The van der Waals surface area contributed by atoms with Crippen LogP contribution in [0.1, 0.15) is 38.3 Å². The van der Waals surface area contributed by atoms with Crippen LogP contribution < -0.4 is 20.3 Å². The molecule has 216 valence electrons. The first-order valence-electron chi connectivity index (χ1n) is 14.4. The number of pyridine rings is 1. The molecular formula is C28H38N6O5S. The highest BCUT2D eigenvalue weighted by Gasteiger charge is 2.48. The highest BCUT2D eigenvalue weighted by Crippen LogP contribution is 2.45. The third-order valence-electron chi connectivity index (χ3n) is 9.26. The van der Waals surface area contributed by atoms with Gasteiger partial charge in [0.1, 0.15) is 17.3 Å². The molecule has 5 aliphatic heterocycles. The third kappa shape index (κ3) is 4.82. The number of anilines is 2. The van der Waals surface area contributed by atoms with Crippen molar-refractivity contribution >= 4 is 23.4 Å². The van der Waals surface area contributed by atoms with E-state index in [1.807, 2.05) is 12.3 Å². The molecule has 3 N–H and O–H groups in total. The first-order valence-corrected chi connectivity index (χ1v) is 15.2. The Morgan fingerprint density at radius 2 is 2.08 bits per heavy atom. The molecule has 5 aliphatic rings. The lowest BCUT2D eigenvalue weighted by atomic mass is 9.73. The molecule has 7 heterocycles. The lowest BCUT2D eigenvalue weighted by molar-refractivity contribution is -0.00632. The summed E-state index contributed by atoms with van der Waals surface area (Å²) in [7, 11) is 0. The number of nitrogens with two attached hydrogens (primary N) is 1. The van der Waals surface area contributed by atoms with E-state index in [2.05, 4.69) is 21.7 Å². The second kappa shape index (κ2) is 10.9. The molecule has 1 spiro atoms. The number of aliphatic hydroxyl groups is 1. The SMILES string of the molecule is C[C@@H]1OCC2(CCN(c3ncc(Sc4ccnc5c4OC[C@@H]4C[C@H](O[C@H]6CCOC6)CN54)nc3CO)CC2)[C@@H]1N. The van der Waals surface area contributed by atoms with Gasteiger partial charge in [-0.05, 0) is 38.7 Å². The smallest absolute Gasteiger partial charge is 0.175 e. The first kappa shape index (κ1) is 26.7. The molecule has 4 fully saturated rings. The van der Waals surface area contributed by atoms with Gasteiger partial charge in [0.2, 0.25) is 0 Å². The molecule has 0 aromatic carbocycles. The van der Waals surface area contributed by atoms with Crippen molar-refractivity contribution in [3.05, 3.63) is 24.2 Å². The summed E-state index contributed by atoms with van der Waals surface area (Å²) < 4.78 is 23.9. The van der Waals surface area contributed by atoms with Crippen molar-refractivity contribution in [2.75, 3.05) is 55.9 Å². The van der Waals surface area contributed by atoms with Crippen molar-refractivity contribution in [2.45, 2.75) is 79.5 Å². The lowest BCUT2D eigenvalue weighted by Crippen LogP contribution is -2.51. The Hall–Kier alpha value is -2.22. The molecule has 0 unspecified atom stereocenters. The fourth-order valence-corrected chi connectivity index (χ4v) is 7.73. The monoisotopic (exact) mass is 570 g/mol. The van der Waals surface area contributed by atoms with Crippen LogP contribution in [0.2, 0.25) is 0 Å². The van der Waals surface area contributed by atoms with Crippen molar-refractivity contribution in [1.82, 2.24) is 15.0 Å². The summed E-state index contributed by atoms with van der Waals surface area (Å²) >= 11 is 1.49. The fourth-order valence-electron chi connectivity index (χ4n) is 6.87. The number of fused-ring (bicyclic) bond motifs is 3. The molecule has 11 nitrogen and oxygen atoms in total. The maximum Gasteiger partial charge on any atom is 0.175 e. The van der Waals surface area contributed by atoms with E-state index in [0.717, 1.165) is 80.8 Å². The van der Waals surface area contributed by atoms with Crippen LogP contribution in [0.4, 0.5) is 11.6 Å². The number of aromatic nitrogens is 3. The standard InChI is InChI=1S/C28H38N6O5S/c1-17-25(29)28(16-38-17)4-7-33(8-5-28)26-21(13-35)32-23(11-31-26)40-22-2-6-30-27-24(22)37-14-18-10-20(12-34(18)27)39-19-3-9-36-15-19/h2,6,11,17-20,25,35H,3-5,7-10,12-16,29H2,1H3/t17-,18-,19-,20-,25+/m0/s1. The average molecular weight is 571 g/mol. The zero-order chi connectivity index (χ0) is 27.3. The van der Waals surface area contributed by atoms with Crippen molar-refractivity contribution in [1.29, 1.82) is 0 Å². The Labute approximate surface area is 238 Å². The molecule has 40 heavy (non-hydrogen) atoms. The Balaban J connectivity index is 1.05. The molecule has 2 aromatic heterocycles. The van der Waals surface area contributed by atoms with E-state index in [1.54, 1.807) is 6.20 Å². The lowest BCUT2D eigenvalue weighted by Gasteiger charge is -2.41. The van der Waals surface area contributed by atoms with Gasteiger partial charge in [-0.15, -0.1) is 0 Å². The molecule has 7 rings (SSSR count). The molecule has 0 radical (unpaired) electrons. The second-order valence-electron chi connectivity index (χ2n) is 11.7. The summed E-state index contributed by atoms with van der Waals surface area (Å²) in [6.07, 6.45) is 7.83. The van der Waals surface area contributed by atoms with Gasteiger partial charge in [-0.3, -0.25) is 0 Å². The van der Waals surface area contributed by atoms with E-state index >= 15 is 0 Å². The molecule has 0 saturated carbocycles. The number of rotatable bonds is 6. The van der Waals surface area contributed by atoms with Gasteiger partial charge in [0.05, 0.1) is 55.3 Å². The molecule has 5 atom stereocenters. The number of ether oxygens (including phenoxy) is 4. The first-order chi connectivity index (χ1) is 19.5. The number of piperidine rings is 1. The number of hydrogen-bond donors (Lipinski definition) is 2. The van der Waals surface area contributed by atoms with Gasteiger partial charge in [-0.1, -0.05) is 11.8 Å². The Morgan fingerprint density at radius 3 is 2.83 bits per heavy atom. The van der Waals surface area contributed by atoms with Crippen LogP contribution in [0.15, 0.2) is 28.4 Å². The van der Waals surface area contributed by atoms with Gasteiger partial charge in [0, 0.05) is 43.9 Å². The molecule has 0 aliphatic carbocycles. The minimum absolute atomic E-state index is 0.0321. The second-order valence-corrected chi connectivity index (χ2v) is 12.8. The molecular weight excluding hydrogens is 532 g/mol. The Kier molecular flexibility index (Phi) is 7.25. The van der Waals surface area contributed by atoms with E-state index in [-0.39, 0.29) is 42.4 Å². The predicted molar refractivity (Wildman–Crippen MR) is 149 cm³/mol. The zero-order valence-corrected chi connectivity index (χ0v) is 23.7. The summed E-state index contributed by atoms with van der Waals surface area (Å²) in [4.78, 5) is 19.7. The number of hydrogen-bond acceptors (Lipinski definition) is 12. The van der Waals surface area contributed by atoms with Crippen LogP contribution in [0.5, 0.6) is 5.75 Å². The summed E-state index contributed by atoms with van der Waals surface area (Å²) in [5, 5.41) is 10.9. The van der Waals surface area contributed by atoms with Crippen molar-refractivity contribution < 1.29 is 24.1 Å². The Morgan fingerprint density at radius 1 is 1.20 bits per heavy atom. The van der Waals surface area contributed by atoms with Crippen LogP contribution in [-0.2, 0) is 20.8 Å². The average Bonchev–Trinajstić information content (AvgIpc) is 3.71. The topological polar surface area (TPSA) is 128 Å². The highest BCUT2D eigenvalue weighted by atomic mass is 32.2. The van der Waals surface area contributed by atoms with Gasteiger partial charge in [-0.2, -0.15) is 0 Å². The van der Waals surface area contributed by atoms with E-state index in [9.17, 15) is 5.11 Å². The van der Waals surface area contributed by atoms with E-state index in [0.29, 0.717) is 23.9 Å². The minimum atomic E-state index is -0.175. The van der Waals surface area contributed by atoms with Crippen LogP contribution in [0.3, 0.4) is 0 Å². The van der Waals surface area contributed by atoms with E-state index in [4.69, 9.17) is 34.6 Å². The number of nitrogens with zero attached hydrogens (tertiary/aromatic N) is 5. The highest BCUT2D eigenvalue weighted by molar-refractivity contribution is 7.99. The maximum atomic E-state index is 10.2. The van der Waals surface area contributed by atoms with Gasteiger partial charge in [-0.25, -0.2) is 15.0 Å².